The molecule has 2 aromatic heterocycles. The third kappa shape index (κ3) is 6.06. The number of amides is 2. The summed E-state index contributed by atoms with van der Waals surface area (Å²) in [5.41, 5.74) is 0.169. The summed E-state index contributed by atoms with van der Waals surface area (Å²) in [4.78, 5) is 44.9. The van der Waals surface area contributed by atoms with Crippen molar-refractivity contribution in [3.8, 4) is 17.1 Å². The SMILES string of the molecule is O=CN1CCN(C(=O)c2ccccc2-n2cnc(Cn3nc(-c4ccc(Cl)cc4)n(C[C@H](O)C(F)(F)F)c3=O)n2)CC1. The lowest BCUT2D eigenvalue weighted by atomic mass is 10.1. The highest BCUT2D eigenvalue weighted by atomic mass is 35.5. The van der Waals surface area contributed by atoms with Crippen LogP contribution in [0.25, 0.3) is 17.1 Å². The van der Waals surface area contributed by atoms with Gasteiger partial charge in [0.2, 0.25) is 6.41 Å². The third-order valence-corrected chi connectivity index (χ3v) is 6.97. The van der Waals surface area contributed by atoms with Crippen molar-refractivity contribution in [3.05, 3.63) is 81.8 Å². The third-order valence-electron chi connectivity index (χ3n) is 6.72. The van der Waals surface area contributed by atoms with Crippen LogP contribution in [-0.2, 0) is 17.9 Å². The van der Waals surface area contributed by atoms with Gasteiger partial charge in [0, 0.05) is 36.8 Å². The smallest absolute Gasteiger partial charge is 0.382 e. The molecule has 1 N–H and O–H groups in total. The van der Waals surface area contributed by atoms with E-state index in [1.165, 1.54) is 35.3 Å². The number of nitrogens with zero attached hydrogens (tertiary/aromatic N) is 8. The Balaban J connectivity index is 1.43. The quantitative estimate of drug-likeness (QED) is 0.304. The topological polar surface area (TPSA) is 131 Å². The normalized spacial score (nSPS) is 14.7. The number of benzene rings is 2. The molecule has 2 aromatic carbocycles. The second-order valence-electron chi connectivity index (χ2n) is 9.49. The van der Waals surface area contributed by atoms with Gasteiger partial charge < -0.3 is 14.9 Å². The number of carbonyl (C=O) groups excluding carboxylic acids is 2. The van der Waals surface area contributed by atoms with Gasteiger partial charge in [-0.1, -0.05) is 23.7 Å². The van der Waals surface area contributed by atoms with Gasteiger partial charge in [-0.2, -0.15) is 13.2 Å². The number of hydrogen-bond donors (Lipinski definition) is 1. The number of aliphatic hydroxyl groups is 1. The molecule has 1 saturated heterocycles. The fourth-order valence-corrected chi connectivity index (χ4v) is 4.60. The molecule has 1 fully saturated rings. The van der Waals surface area contributed by atoms with Crippen molar-refractivity contribution in [1.82, 2.24) is 38.9 Å². The molecule has 1 aliphatic heterocycles. The molecule has 16 heteroatoms. The second-order valence-corrected chi connectivity index (χ2v) is 9.93. The van der Waals surface area contributed by atoms with E-state index in [9.17, 15) is 32.7 Å². The summed E-state index contributed by atoms with van der Waals surface area (Å²) in [6.45, 7) is 0.219. The van der Waals surface area contributed by atoms with E-state index in [0.717, 1.165) is 15.7 Å². The van der Waals surface area contributed by atoms with E-state index in [2.05, 4.69) is 15.2 Å². The van der Waals surface area contributed by atoms with E-state index < -0.39 is 24.5 Å². The number of alkyl halides is 3. The van der Waals surface area contributed by atoms with Crippen molar-refractivity contribution < 1.29 is 27.9 Å². The first-order valence-electron chi connectivity index (χ1n) is 12.7. The van der Waals surface area contributed by atoms with Gasteiger partial charge >= 0.3 is 11.9 Å². The molecule has 1 atom stereocenters. The molecule has 0 bridgehead atoms. The van der Waals surface area contributed by atoms with Gasteiger partial charge in [-0.05, 0) is 36.4 Å². The van der Waals surface area contributed by atoms with Gasteiger partial charge in [-0.25, -0.2) is 19.1 Å². The Kier molecular flexibility index (Phi) is 8.13. The van der Waals surface area contributed by atoms with Gasteiger partial charge in [-0.15, -0.1) is 10.2 Å². The van der Waals surface area contributed by atoms with Crippen LogP contribution in [0.5, 0.6) is 0 Å². The molecule has 0 radical (unpaired) electrons. The first kappa shape index (κ1) is 29.0. The molecule has 220 valence electrons. The summed E-state index contributed by atoms with van der Waals surface area (Å²) in [7, 11) is 0. The zero-order chi connectivity index (χ0) is 30.0. The molecule has 12 nitrogen and oxygen atoms in total. The van der Waals surface area contributed by atoms with Crippen LogP contribution in [0.2, 0.25) is 5.02 Å². The fourth-order valence-electron chi connectivity index (χ4n) is 4.47. The van der Waals surface area contributed by atoms with E-state index in [0.29, 0.717) is 48.0 Å². The van der Waals surface area contributed by atoms with E-state index in [1.54, 1.807) is 34.1 Å². The number of para-hydroxylation sites is 1. The Bertz CT molecular complexity index is 1640. The standard InChI is InChI=1S/C26H24ClF3N8O4/c27-18-7-5-17(6-8-18)23-33-37(25(42)36(23)13-21(40)26(28,29)30)14-22-31-15-38(32-22)20-4-2-1-3-19(20)24(41)35-11-9-34(16-39)10-12-35/h1-8,15-16,21,40H,9-14H2/t21-/m0/s1. The summed E-state index contributed by atoms with van der Waals surface area (Å²) < 4.78 is 42.4. The Labute approximate surface area is 241 Å². The molecule has 0 aliphatic carbocycles. The zero-order valence-corrected chi connectivity index (χ0v) is 22.6. The van der Waals surface area contributed by atoms with Crippen LogP contribution in [0.4, 0.5) is 13.2 Å². The predicted molar refractivity (Wildman–Crippen MR) is 143 cm³/mol. The zero-order valence-electron chi connectivity index (χ0n) is 21.9. The number of piperazine rings is 1. The van der Waals surface area contributed by atoms with Gasteiger partial charge in [0.15, 0.2) is 17.8 Å². The van der Waals surface area contributed by atoms with Gasteiger partial charge in [0.25, 0.3) is 5.91 Å². The summed E-state index contributed by atoms with van der Waals surface area (Å²) in [5.74, 6) is -0.258. The average Bonchev–Trinajstić information content (AvgIpc) is 3.57. The molecule has 0 unspecified atom stereocenters. The Morgan fingerprint density at radius 2 is 1.74 bits per heavy atom. The maximum Gasteiger partial charge on any atom is 0.416 e. The molecule has 3 heterocycles. The lowest BCUT2D eigenvalue weighted by molar-refractivity contribution is -0.207. The van der Waals surface area contributed by atoms with Crippen molar-refractivity contribution in [3.63, 3.8) is 0 Å². The molecule has 0 saturated carbocycles. The van der Waals surface area contributed by atoms with Crippen LogP contribution in [0, 0.1) is 0 Å². The van der Waals surface area contributed by atoms with Gasteiger partial charge in [0.1, 0.15) is 12.9 Å². The van der Waals surface area contributed by atoms with Gasteiger partial charge in [0.05, 0.1) is 17.8 Å². The minimum Gasteiger partial charge on any atom is -0.382 e. The maximum absolute atomic E-state index is 13.3. The van der Waals surface area contributed by atoms with Crippen molar-refractivity contribution in [2.24, 2.45) is 0 Å². The minimum atomic E-state index is -4.95. The average molecular weight is 605 g/mol. The Morgan fingerprint density at radius 1 is 1.05 bits per heavy atom. The highest BCUT2D eigenvalue weighted by Crippen LogP contribution is 2.24. The van der Waals surface area contributed by atoms with Crippen molar-refractivity contribution in [2.45, 2.75) is 25.4 Å². The number of aromatic nitrogens is 6. The molecular weight excluding hydrogens is 581 g/mol. The van der Waals surface area contributed by atoms with E-state index in [4.69, 9.17) is 11.6 Å². The molecule has 42 heavy (non-hydrogen) atoms. The van der Waals surface area contributed by atoms with Crippen LogP contribution >= 0.6 is 11.6 Å². The first-order valence-corrected chi connectivity index (χ1v) is 13.1. The van der Waals surface area contributed by atoms with E-state index in [1.807, 2.05) is 0 Å². The van der Waals surface area contributed by atoms with E-state index in [-0.39, 0.29) is 24.1 Å². The van der Waals surface area contributed by atoms with E-state index >= 15 is 0 Å². The van der Waals surface area contributed by atoms with Crippen LogP contribution in [0.15, 0.2) is 59.7 Å². The molecule has 5 rings (SSSR count). The Morgan fingerprint density at radius 3 is 2.40 bits per heavy atom. The largest absolute Gasteiger partial charge is 0.416 e. The maximum atomic E-state index is 13.3. The predicted octanol–water partition coefficient (Wildman–Crippen LogP) is 1.83. The van der Waals surface area contributed by atoms with Crippen molar-refractivity contribution in [1.29, 1.82) is 0 Å². The molecule has 0 spiro atoms. The minimum absolute atomic E-state index is 0.0997. The van der Waals surface area contributed by atoms with Crippen molar-refractivity contribution >= 4 is 23.9 Å². The summed E-state index contributed by atoms with van der Waals surface area (Å²) in [6.07, 6.45) is -5.66. The Hall–Kier alpha value is -4.50. The fraction of sp³-hybridized carbons (Fsp3) is 0.308. The lowest BCUT2D eigenvalue weighted by Gasteiger charge is -2.32. The highest BCUT2D eigenvalue weighted by Gasteiger charge is 2.39. The second kappa shape index (κ2) is 11.8. The number of hydrogen-bond acceptors (Lipinski definition) is 7. The van der Waals surface area contributed by atoms with Crippen LogP contribution in [0.1, 0.15) is 16.2 Å². The number of rotatable bonds is 8. The molecule has 4 aromatic rings. The molecule has 2 amide bonds. The summed E-state index contributed by atoms with van der Waals surface area (Å²) in [5, 5.41) is 18.6. The van der Waals surface area contributed by atoms with Crippen LogP contribution < -0.4 is 5.69 Å². The van der Waals surface area contributed by atoms with Crippen LogP contribution in [-0.4, -0.2) is 94.8 Å². The highest BCUT2D eigenvalue weighted by molar-refractivity contribution is 6.30. The number of halogens is 4. The van der Waals surface area contributed by atoms with Crippen LogP contribution in [0.3, 0.4) is 0 Å². The number of aliphatic hydroxyl groups excluding tert-OH is 1. The van der Waals surface area contributed by atoms with Gasteiger partial charge in [-0.3, -0.25) is 14.2 Å². The lowest BCUT2D eigenvalue weighted by Crippen LogP contribution is -2.48. The molecular formula is C26H24ClF3N8O4. The van der Waals surface area contributed by atoms with Crippen molar-refractivity contribution in [2.75, 3.05) is 26.2 Å². The monoisotopic (exact) mass is 604 g/mol. The first-order chi connectivity index (χ1) is 20.0. The molecule has 1 aliphatic rings. The summed E-state index contributed by atoms with van der Waals surface area (Å²) in [6, 6.07) is 12.7. The summed E-state index contributed by atoms with van der Waals surface area (Å²) >= 11 is 5.93. The number of carbonyl (C=O) groups is 2.